The van der Waals surface area contributed by atoms with Crippen LogP contribution in [0.2, 0.25) is 5.02 Å². The van der Waals surface area contributed by atoms with Crippen molar-refractivity contribution in [3.05, 3.63) is 53.3 Å². The van der Waals surface area contributed by atoms with E-state index in [0.717, 1.165) is 5.56 Å². The van der Waals surface area contributed by atoms with Gasteiger partial charge in [0.1, 0.15) is 11.5 Å². The molecule has 2 aromatic rings. The number of carbonyl (C=O) groups excluding carboxylic acids is 1. The van der Waals surface area contributed by atoms with Crippen LogP contribution in [0.15, 0.2) is 46.9 Å². The van der Waals surface area contributed by atoms with Gasteiger partial charge in [-0.15, -0.1) is 0 Å². The largest absolute Gasteiger partial charge is 0.457 e. The van der Waals surface area contributed by atoms with Crippen molar-refractivity contribution in [1.82, 2.24) is 5.43 Å². The highest BCUT2D eigenvalue weighted by atomic mass is 35.5. The maximum Gasteiger partial charge on any atom is 0.258 e. The van der Waals surface area contributed by atoms with Crippen molar-refractivity contribution in [2.75, 3.05) is 0 Å². The zero-order valence-corrected chi connectivity index (χ0v) is 10.1. The van der Waals surface area contributed by atoms with E-state index >= 15 is 0 Å². The molecule has 0 bridgehead atoms. The molecular weight excluding hydrogens is 252 g/mol. The number of furan rings is 1. The van der Waals surface area contributed by atoms with Crippen molar-refractivity contribution >= 4 is 23.6 Å². The van der Waals surface area contributed by atoms with Gasteiger partial charge in [0.2, 0.25) is 0 Å². The van der Waals surface area contributed by atoms with Gasteiger partial charge in [0.15, 0.2) is 0 Å². The summed E-state index contributed by atoms with van der Waals surface area (Å²) in [6.07, 6.45) is 2.84. The third-order valence-electron chi connectivity index (χ3n) is 2.30. The molecule has 4 nitrogen and oxygen atoms in total. The van der Waals surface area contributed by atoms with Crippen LogP contribution in [0.3, 0.4) is 0 Å². The number of amides is 1. The molecule has 18 heavy (non-hydrogen) atoms. The number of benzene rings is 1. The normalized spacial score (nSPS) is 10.8. The second-order valence-corrected chi connectivity index (χ2v) is 3.99. The van der Waals surface area contributed by atoms with Gasteiger partial charge in [0.25, 0.3) is 5.91 Å². The summed E-state index contributed by atoms with van der Waals surface area (Å²) >= 11 is 5.81. The molecule has 0 aliphatic carbocycles. The first kappa shape index (κ1) is 12.4. The fourth-order valence-electron chi connectivity index (χ4n) is 1.42. The molecule has 92 valence electrons. The summed E-state index contributed by atoms with van der Waals surface area (Å²) in [6, 6.07) is 10.9. The maximum absolute atomic E-state index is 10.9. The van der Waals surface area contributed by atoms with Gasteiger partial charge in [-0.3, -0.25) is 10.2 Å². The van der Waals surface area contributed by atoms with Crippen LogP contribution in [0.5, 0.6) is 0 Å². The predicted molar refractivity (Wildman–Crippen MR) is 70.5 cm³/mol. The minimum absolute atomic E-state index is 0.389. The standard InChI is InChI=1S/C13H11ClN2O2/c14-10-3-1-9(2-4-10)12-7-5-11(18-12)6-8-13(17)16-15/h1-8H,15H2,(H,16,17)/b8-6+. The monoisotopic (exact) mass is 262 g/mol. The lowest BCUT2D eigenvalue weighted by atomic mass is 10.2. The number of rotatable bonds is 3. The smallest absolute Gasteiger partial charge is 0.258 e. The number of carbonyl (C=O) groups is 1. The molecule has 0 radical (unpaired) electrons. The van der Waals surface area contributed by atoms with Crippen molar-refractivity contribution < 1.29 is 9.21 Å². The van der Waals surface area contributed by atoms with Crippen LogP contribution in [0, 0.1) is 0 Å². The second kappa shape index (κ2) is 5.53. The van der Waals surface area contributed by atoms with E-state index in [1.54, 1.807) is 24.3 Å². The van der Waals surface area contributed by atoms with Crippen molar-refractivity contribution in [3.8, 4) is 11.3 Å². The van der Waals surface area contributed by atoms with Gasteiger partial charge >= 0.3 is 0 Å². The molecule has 0 saturated heterocycles. The number of nitrogens with one attached hydrogen (secondary N) is 1. The van der Waals surface area contributed by atoms with Gasteiger partial charge in [-0.1, -0.05) is 11.6 Å². The van der Waals surface area contributed by atoms with Gasteiger partial charge in [-0.25, -0.2) is 5.84 Å². The summed E-state index contributed by atoms with van der Waals surface area (Å²) in [5.74, 6) is 5.84. The Morgan fingerprint density at radius 2 is 1.94 bits per heavy atom. The molecular formula is C13H11ClN2O2. The van der Waals surface area contributed by atoms with E-state index in [4.69, 9.17) is 21.9 Å². The lowest BCUT2D eigenvalue weighted by Crippen LogP contribution is -2.27. The Labute approximate surface area is 109 Å². The molecule has 0 aliphatic heterocycles. The minimum Gasteiger partial charge on any atom is -0.457 e. The summed E-state index contributed by atoms with van der Waals surface area (Å²) in [4.78, 5) is 10.9. The van der Waals surface area contributed by atoms with Crippen LogP contribution in [0.4, 0.5) is 0 Å². The molecule has 2 rings (SSSR count). The van der Waals surface area contributed by atoms with E-state index in [0.29, 0.717) is 16.5 Å². The van der Waals surface area contributed by atoms with Crippen molar-refractivity contribution in [1.29, 1.82) is 0 Å². The number of halogens is 1. The molecule has 0 spiro atoms. The molecule has 0 unspecified atom stereocenters. The van der Waals surface area contributed by atoms with Crippen LogP contribution in [-0.2, 0) is 4.79 Å². The van der Waals surface area contributed by atoms with Gasteiger partial charge in [-0.2, -0.15) is 0 Å². The molecule has 0 aliphatic rings. The molecule has 1 aromatic carbocycles. The Morgan fingerprint density at radius 1 is 1.22 bits per heavy atom. The molecule has 0 fully saturated rings. The van der Waals surface area contributed by atoms with Crippen LogP contribution >= 0.6 is 11.6 Å². The van der Waals surface area contributed by atoms with Gasteiger partial charge < -0.3 is 4.42 Å². The van der Waals surface area contributed by atoms with Crippen LogP contribution in [-0.4, -0.2) is 5.91 Å². The summed E-state index contributed by atoms with van der Waals surface area (Å²) in [7, 11) is 0. The summed E-state index contributed by atoms with van der Waals surface area (Å²) in [6.45, 7) is 0. The van der Waals surface area contributed by atoms with Crippen LogP contribution in [0.1, 0.15) is 5.76 Å². The summed E-state index contributed by atoms with van der Waals surface area (Å²) < 4.78 is 5.55. The fraction of sp³-hybridized carbons (Fsp3) is 0. The maximum atomic E-state index is 10.9. The number of nitrogens with two attached hydrogens (primary N) is 1. The van der Waals surface area contributed by atoms with E-state index in [2.05, 4.69) is 0 Å². The lowest BCUT2D eigenvalue weighted by Gasteiger charge is -1.96. The van der Waals surface area contributed by atoms with Gasteiger partial charge in [0, 0.05) is 16.7 Å². The van der Waals surface area contributed by atoms with E-state index in [1.165, 1.54) is 6.08 Å². The Bertz CT molecular complexity index is 573. The SMILES string of the molecule is NNC(=O)/C=C/c1ccc(-c2ccc(Cl)cc2)o1. The first-order valence-corrected chi connectivity index (χ1v) is 5.61. The highest BCUT2D eigenvalue weighted by Gasteiger charge is 2.03. The van der Waals surface area contributed by atoms with Crippen molar-refractivity contribution in [3.63, 3.8) is 0 Å². The Morgan fingerprint density at radius 3 is 2.61 bits per heavy atom. The summed E-state index contributed by atoms with van der Waals surface area (Å²) in [5, 5.41) is 0.671. The zero-order chi connectivity index (χ0) is 13.0. The average molecular weight is 263 g/mol. The van der Waals surface area contributed by atoms with E-state index < -0.39 is 0 Å². The average Bonchev–Trinajstić information content (AvgIpc) is 2.85. The van der Waals surface area contributed by atoms with E-state index in [1.807, 2.05) is 23.6 Å². The lowest BCUT2D eigenvalue weighted by molar-refractivity contribution is -0.116. The topological polar surface area (TPSA) is 68.3 Å². The molecule has 0 atom stereocenters. The number of hydrogen-bond donors (Lipinski definition) is 2. The highest BCUT2D eigenvalue weighted by Crippen LogP contribution is 2.24. The third kappa shape index (κ3) is 3.00. The Hall–Kier alpha value is -2.04. The summed E-state index contributed by atoms with van der Waals surface area (Å²) in [5.41, 5.74) is 2.92. The predicted octanol–water partition coefficient (Wildman–Crippen LogP) is 2.60. The fourth-order valence-corrected chi connectivity index (χ4v) is 1.54. The molecule has 0 saturated carbocycles. The van der Waals surface area contributed by atoms with Crippen LogP contribution < -0.4 is 11.3 Å². The number of hydrazine groups is 1. The van der Waals surface area contributed by atoms with E-state index in [9.17, 15) is 4.79 Å². The Kier molecular flexibility index (Phi) is 3.82. The quantitative estimate of drug-likeness (QED) is 0.387. The highest BCUT2D eigenvalue weighted by molar-refractivity contribution is 6.30. The van der Waals surface area contributed by atoms with Crippen molar-refractivity contribution in [2.45, 2.75) is 0 Å². The molecule has 1 heterocycles. The molecule has 3 N–H and O–H groups in total. The molecule has 5 heteroatoms. The van der Waals surface area contributed by atoms with E-state index in [-0.39, 0.29) is 5.91 Å². The first-order valence-electron chi connectivity index (χ1n) is 5.23. The first-order chi connectivity index (χ1) is 8.69. The van der Waals surface area contributed by atoms with Gasteiger partial charge in [-0.05, 0) is 42.5 Å². The Balaban J connectivity index is 2.18. The van der Waals surface area contributed by atoms with Gasteiger partial charge in [0.05, 0.1) is 0 Å². The molecule has 1 amide bonds. The van der Waals surface area contributed by atoms with Crippen molar-refractivity contribution in [2.24, 2.45) is 5.84 Å². The zero-order valence-electron chi connectivity index (χ0n) is 9.39. The second-order valence-electron chi connectivity index (χ2n) is 3.55. The number of hydrogen-bond acceptors (Lipinski definition) is 3. The van der Waals surface area contributed by atoms with Crippen LogP contribution in [0.25, 0.3) is 17.4 Å². The third-order valence-corrected chi connectivity index (χ3v) is 2.55. The molecule has 1 aromatic heterocycles. The minimum atomic E-state index is -0.389.